The van der Waals surface area contributed by atoms with Crippen LogP contribution >= 0.6 is 23.4 Å². The summed E-state index contributed by atoms with van der Waals surface area (Å²) in [6, 6.07) is 21.8. The molecule has 7 nitrogen and oxygen atoms in total. The molecule has 242 valence electrons. The number of carbonyl (C=O) groups is 2. The number of carbonyl (C=O) groups excluding carboxylic acids is 2. The minimum absolute atomic E-state index is 0.0294. The van der Waals surface area contributed by atoms with Gasteiger partial charge in [0, 0.05) is 60.5 Å². The Hall–Kier alpha value is -3.04. The zero-order valence-corrected chi connectivity index (χ0v) is 28.2. The number of aliphatic hydroxyl groups is 1. The number of likely N-dealkylation sites (tertiary alicyclic amines) is 1. The van der Waals surface area contributed by atoms with E-state index in [9.17, 15) is 14.7 Å². The average molecular weight is 652 g/mol. The van der Waals surface area contributed by atoms with Crippen molar-refractivity contribution >= 4 is 35.4 Å². The third-order valence-electron chi connectivity index (χ3n) is 8.69. The number of nitrogens with one attached hydrogen (secondary N) is 2. The highest BCUT2D eigenvalue weighted by Gasteiger charge is 2.43. The van der Waals surface area contributed by atoms with Crippen molar-refractivity contribution in [2.24, 2.45) is 5.92 Å². The van der Waals surface area contributed by atoms with E-state index in [1.807, 2.05) is 71.3 Å². The van der Waals surface area contributed by atoms with Gasteiger partial charge in [-0.25, -0.2) is 4.79 Å². The fourth-order valence-corrected chi connectivity index (χ4v) is 6.84. The summed E-state index contributed by atoms with van der Waals surface area (Å²) < 4.78 is 4.74. The third-order valence-corrected chi connectivity index (χ3v) is 9.62. The molecule has 0 aliphatic carbocycles. The second-order valence-corrected chi connectivity index (χ2v) is 13.0. The van der Waals surface area contributed by atoms with E-state index in [2.05, 4.69) is 35.9 Å². The van der Waals surface area contributed by atoms with E-state index in [4.69, 9.17) is 16.3 Å². The van der Waals surface area contributed by atoms with Gasteiger partial charge < -0.3 is 25.4 Å². The van der Waals surface area contributed by atoms with Crippen LogP contribution in [-0.2, 0) is 23.3 Å². The topological polar surface area (TPSA) is 90.9 Å². The summed E-state index contributed by atoms with van der Waals surface area (Å²) in [7, 11) is 1.33. The number of nitrogens with zero attached hydrogens (tertiary/aromatic N) is 1. The Labute approximate surface area is 277 Å². The quantitative estimate of drug-likeness (QED) is 0.164. The molecule has 0 spiro atoms. The largest absolute Gasteiger partial charge is 0.453 e. The first-order chi connectivity index (χ1) is 21.8. The molecule has 9 heteroatoms. The lowest BCUT2D eigenvalue weighted by atomic mass is 9.72. The van der Waals surface area contributed by atoms with E-state index in [0.29, 0.717) is 43.1 Å². The molecule has 1 fully saturated rings. The lowest BCUT2D eigenvalue weighted by Crippen LogP contribution is -2.48. The zero-order chi connectivity index (χ0) is 32.2. The van der Waals surface area contributed by atoms with Crippen LogP contribution in [0, 0.1) is 5.92 Å². The van der Waals surface area contributed by atoms with Crippen LogP contribution in [0.4, 0.5) is 4.79 Å². The van der Waals surface area contributed by atoms with Crippen molar-refractivity contribution < 1.29 is 19.4 Å². The Morgan fingerprint density at radius 3 is 2.60 bits per heavy atom. The summed E-state index contributed by atoms with van der Waals surface area (Å²) in [5.74, 6) is 0.793. The maximum Gasteiger partial charge on any atom is 0.406 e. The molecular weight excluding hydrogens is 606 g/mol. The molecule has 1 aliphatic rings. The van der Waals surface area contributed by atoms with E-state index in [-0.39, 0.29) is 11.8 Å². The molecule has 2 atom stereocenters. The van der Waals surface area contributed by atoms with Gasteiger partial charge in [0.1, 0.15) is 0 Å². The van der Waals surface area contributed by atoms with Crippen LogP contribution < -0.4 is 10.6 Å². The molecular formula is C36H46ClN3O4S. The van der Waals surface area contributed by atoms with Gasteiger partial charge >= 0.3 is 6.09 Å². The molecule has 0 saturated carbocycles. The zero-order valence-electron chi connectivity index (χ0n) is 26.6. The van der Waals surface area contributed by atoms with Crippen LogP contribution in [-0.4, -0.2) is 67.3 Å². The summed E-state index contributed by atoms with van der Waals surface area (Å²) in [5.41, 5.74) is 4.18. The van der Waals surface area contributed by atoms with Crippen LogP contribution in [0.5, 0.6) is 0 Å². The Kier molecular flexibility index (Phi) is 13.2. The van der Waals surface area contributed by atoms with Gasteiger partial charge in [-0.3, -0.25) is 4.79 Å². The number of alkyl carbamates (subject to hydrolysis) is 1. The SMILES string of the molecule is CCc1cccc(-c2c(Cl)cccc2[C@](O)(CCCNC(=O)OC)[C@@H]2CCCN(C(=O)c3ccc(CNCCSC)cc3)C2)c1. The Morgan fingerprint density at radius 2 is 1.87 bits per heavy atom. The van der Waals surface area contributed by atoms with Crippen LogP contribution in [0.3, 0.4) is 0 Å². The molecule has 3 N–H and O–H groups in total. The van der Waals surface area contributed by atoms with Gasteiger partial charge in [0.15, 0.2) is 0 Å². The van der Waals surface area contributed by atoms with Crippen molar-refractivity contribution in [3.8, 4) is 11.1 Å². The highest BCUT2D eigenvalue weighted by atomic mass is 35.5. The number of aryl methyl sites for hydroxylation is 1. The van der Waals surface area contributed by atoms with Gasteiger partial charge in [-0.1, -0.05) is 67.1 Å². The molecule has 2 amide bonds. The molecule has 0 aromatic heterocycles. The summed E-state index contributed by atoms with van der Waals surface area (Å²) in [5, 5.41) is 19.5. The Morgan fingerprint density at radius 1 is 1.09 bits per heavy atom. The van der Waals surface area contributed by atoms with Crippen LogP contribution in [0.2, 0.25) is 5.02 Å². The fraction of sp³-hybridized carbons (Fsp3) is 0.444. The average Bonchev–Trinajstić information content (AvgIpc) is 3.08. The van der Waals surface area contributed by atoms with E-state index in [1.165, 1.54) is 12.7 Å². The summed E-state index contributed by atoms with van der Waals surface area (Å²) in [6.45, 7) is 5.22. The number of methoxy groups -OCH3 is 1. The number of rotatable bonds is 14. The molecule has 3 aromatic carbocycles. The molecule has 3 aromatic rings. The summed E-state index contributed by atoms with van der Waals surface area (Å²) in [4.78, 5) is 27.4. The Balaban J connectivity index is 1.62. The Bertz CT molecular complexity index is 1420. The number of hydrogen-bond acceptors (Lipinski definition) is 6. The number of piperidine rings is 1. The van der Waals surface area contributed by atoms with E-state index in [0.717, 1.165) is 60.4 Å². The number of hydrogen-bond donors (Lipinski definition) is 3. The maximum absolute atomic E-state index is 13.7. The van der Waals surface area contributed by atoms with Gasteiger partial charge in [0.2, 0.25) is 0 Å². The number of ether oxygens (including phenoxy) is 1. The second-order valence-electron chi connectivity index (χ2n) is 11.6. The van der Waals surface area contributed by atoms with Gasteiger partial charge in [-0.05, 0) is 78.8 Å². The van der Waals surface area contributed by atoms with Crippen LogP contribution in [0.15, 0.2) is 66.7 Å². The maximum atomic E-state index is 13.7. The van der Waals surface area contributed by atoms with Crippen LogP contribution in [0.1, 0.15) is 59.7 Å². The lowest BCUT2D eigenvalue weighted by molar-refractivity contribution is -0.0563. The van der Waals surface area contributed by atoms with Crippen LogP contribution in [0.25, 0.3) is 11.1 Å². The second kappa shape index (κ2) is 17.0. The van der Waals surface area contributed by atoms with Gasteiger partial charge in [-0.2, -0.15) is 11.8 Å². The molecule has 0 unspecified atom stereocenters. The molecule has 0 radical (unpaired) electrons. The number of thioether (sulfide) groups is 1. The van der Waals surface area contributed by atoms with Gasteiger partial charge in [0.05, 0.1) is 12.7 Å². The fourth-order valence-electron chi connectivity index (χ4n) is 6.21. The lowest BCUT2D eigenvalue weighted by Gasteiger charge is -2.44. The molecule has 45 heavy (non-hydrogen) atoms. The van der Waals surface area contributed by atoms with Crippen molar-refractivity contribution in [3.63, 3.8) is 0 Å². The highest BCUT2D eigenvalue weighted by Crippen LogP contribution is 2.45. The first-order valence-electron chi connectivity index (χ1n) is 15.8. The van der Waals surface area contributed by atoms with E-state index >= 15 is 0 Å². The first-order valence-corrected chi connectivity index (χ1v) is 17.6. The summed E-state index contributed by atoms with van der Waals surface area (Å²) >= 11 is 8.70. The highest BCUT2D eigenvalue weighted by molar-refractivity contribution is 7.98. The van der Waals surface area contributed by atoms with Gasteiger partial charge in [-0.15, -0.1) is 0 Å². The smallest absolute Gasteiger partial charge is 0.406 e. The monoisotopic (exact) mass is 651 g/mol. The molecule has 1 saturated heterocycles. The van der Waals surface area contributed by atoms with Gasteiger partial charge in [0.25, 0.3) is 5.91 Å². The number of halogens is 1. The predicted molar refractivity (Wildman–Crippen MR) is 185 cm³/mol. The van der Waals surface area contributed by atoms with Crippen molar-refractivity contribution in [3.05, 3.63) is 94.0 Å². The van der Waals surface area contributed by atoms with E-state index in [1.54, 1.807) is 0 Å². The van der Waals surface area contributed by atoms with Crippen molar-refractivity contribution in [1.82, 2.24) is 15.5 Å². The van der Waals surface area contributed by atoms with Crippen molar-refractivity contribution in [2.75, 3.05) is 45.3 Å². The molecule has 0 bridgehead atoms. The molecule has 1 aliphatic heterocycles. The van der Waals surface area contributed by atoms with Crippen molar-refractivity contribution in [1.29, 1.82) is 0 Å². The molecule has 1 heterocycles. The summed E-state index contributed by atoms with van der Waals surface area (Å²) in [6.07, 6.45) is 4.90. The van der Waals surface area contributed by atoms with E-state index < -0.39 is 11.7 Å². The number of amides is 2. The minimum atomic E-state index is -1.30. The first kappa shape index (κ1) is 34.8. The normalized spacial score (nSPS) is 16.2. The molecule has 4 rings (SSSR count). The predicted octanol–water partition coefficient (Wildman–Crippen LogP) is 6.90. The van der Waals surface area contributed by atoms with Crippen molar-refractivity contribution in [2.45, 2.75) is 51.2 Å². The number of benzene rings is 3. The standard InChI is InChI=1S/C36H46ClN3O4S/c1-4-26-9-5-10-29(23-26)33-31(12-6-13-32(33)37)36(43,18-8-19-39-35(42)44-2)30-11-7-21-40(25-30)34(41)28-16-14-27(15-17-28)24-38-20-22-45-3/h5-6,9-10,12-17,23,30,38,43H,4,7-8,11,18-22,24-25H2,1-3H3,(H,39,42)/t30-,36+/m1/s1. The third kappa shape index (κ3) is 9.03. The minimum Gasteiger partial charge on any atom is -0.453 e.